The van der Waals surface area contributed by atoms with Gasteiger partial charge in [0.05, 0.1) is 6.10 Å². The van der Waals surface area contributed by atoms with Crippen molar-refractivity contribution >= 4 is 5.78 Å². The van der Waals surface area contributed by atoms with E-state index < -0.39 is 11.7 Å². The Labute approximate surface area is 138 Å². The molecule has 4 rings (SSSR count). The molecule has 3 heteroatoms. The van der Waals surface area contributed by atoms with Gasteiger partial charge in [0.15, 0.2) is 5.78 Å². The molecule has 0 aromatic rings. The molecule has 3 fully saturated rings. The third-order valence-corrected chi connectivity index (χ3v) is 6.97. The summed E-state index contributed by atoms with van der Waals surface area (Å²) in [6.07, 6.45) is 6.55. The molecule has 3 aliphatic carbocycles. The molecule has 2 saturated carbocycles. The number of rotatable bonds is 1. The van der Waals surface area contributed by atoms with E-state index in [4.69, 9.17) is 4.74 Å². The monoisotopic (exact) mass is 316 g/mol. The van der Waals surface area contributed by atoms with Gasteiger partial charge in [-0.1, -0.05) is 41.0 Å². The topological polar surface area (TPSA) is 49.8 Å². The number of carbonyl (C=O) groups is 1. The number of epoxide rings is 1. The van der Waals surface area contributed by atoms with Gasteiger partial charge in [0.25, 0.3) is 0 Å². The van der Waals surface area contributed by atoms with E-state index in [1.54, 1.807) is 0 Å². The second kappa shape index (κ2) is 4.37. The molecular formula is C20H28O3. The maximum atomic E-state index is 12.6. The number of ketones is 1. The smallest absolute Gasteiger partial charge is 0.181 e. The Balaban J connectivity index is 1.86. The van der Waals surface area contributed by atoms with Crippen molar-refractivity contribution in [3.05, 3.63) is 23.3 Å². The van der Waals surface area contributed by atoms with Gasteiger partial charge in [0, 0.05) is 11.5 Å². The normalized spacial score (nSPS) is 47.3. The van der Waals surface area contributed by atoms with Crippen molar-refractivity contribution in [3.63, 3.8) is 0 Å². The average Bonchev–Trinajstić information content (AvgIpc) is 3.14. The maximum absolute atomic E-state index is 12.6. The Bertz CT molecular complexity index is 641. The van der Waals surface area contributed by atoms with Crippen LogP contribution >= 0.6 is 0 Å². The first-order chi connectivity index (χ1) is 10.6. The lowest BCUT2D eigenvalue weighted by molar-refractivity contribution is -0.112. The summed E-state index contributed by atoms with van der Waals surface area (Å²) in [5.74, 6) is 0.469. The highest BCUT2D eigenvalue weighted by Gasteiger charge is 2.74. The van der Waals surface area contributed by atoms with Crippen LogP contribution in [0.4, 0.5) is 0 Å². The van der Waals surface area contributed by atoms with Gasteiger partial charge in [-0.3, -0.25) is 4.79 Å². The molecular weight excluding hydrogens is 288 g/mol. The highest BCUT2D eigenvalue weighted by atomic mass is 16.6. The molecule has 1 spiro atoms. The largest absolute Gasteiger partial charge is 0.390 e. The van der Waals surface area contributed by atoms with Gasteiger partial charge in [-0.25, -0.2) is 0 Å². The van der Waals surface area contributed by atoms with Crippen molar-refractivity contribution in [3.8, 4) is 0 Å². The molecule has 0 unspecified atom stereocenters. The van der Waals surface area contributed by atoms with Gasteiger partial charge in [0.2, 0.25) is 0 Å². The van der Waals surface area contributed by atoms with E-state index in [0.717, 1.165) is 30.4 Å². The molecule has 1 N–H and O–H groups in total. The summed E-state index contributed by atoms with van der Waals surface area (Å²) in [7, 11) is 0. The van der Waals surface area contributed by atoms with E-state index in [-0.39, 0.29) is 34.6 Å². The van der Waals surface area contributed by atoms with Crippen LogP contribution in [0.1, 0.15) is 53.9 Å². The van der Waals surface area contributed by atoms with Gasteiger partial charge in [-0.2, -0.15) is 0 Å². The van der Waals surface area contributed by atoms with Gasteiger partial charge < -0.3 is 9.84 Å². The molecule has 23 heavy (non-hydrogen) atoms. The highest BCUT2D eigenvalue weighted by Crippen LogP contribution is 2.69. The molecule has 1 aliphatic heterocycles. The molecule has 3 nitrogen and oxygen atoms in total. The lowest BCUT2D eigenvalue weighted by Crippen LogP contribution is -2.58. The van der Waals surface area contributed by atoms with E-state index in [1.165, 1.54) is 0 Å². The highest BCUT2D eigenvalue weighted by molar-refractivity contribution is 6.07. The fraction of sp³-hybridized carbons (Fsp3) is 0.750. The standard InChI is InChI=1S/C20H28O3/c1-11(2)12-10-20-14(9-13(12)21)19(5)8-6-7-18(3,4)16(19)15(22)17(20)23-20/h9-11,15-17,22H,6-8H2,1-5H3/t15-,16+,17+,19-,20-/m1/s1. The van der Waals surface area contributed by atoms with Crippen LogP contribution in [-0.4, -0.2) is 28.7 Å². The fourth-order valence-electron chi connectivity index (χ4n) is 6.00. The Hall–Kier alpha value is -0.930. The molecule has 1 saturated heterocycles. The van der Waals surface area contributed by atoms with Crippen LogP contribution in [0.15, 0.2) is 23.3 Å². The van der Waals surface area contributed by atoms with Crippen LogP contribution < -0.4 is 0 Å². The lowest BCUT2D eigenvalue weighted by Gasteiger charge is -2.57. The van der Waals surface area contributed by atoms with E-state index in [1.807, 2.05) is 26.0 Å². The zero-order valence-corrected chi connectivity index (χ0v) is 14.8. The van der Waals surface area contributed by atoms with Crippen LogP contribution in [0.2, 0.25) is 0 Å². The molecule has 126 valence electrons. The summed E-state index contributed by atoms with van der Waals surface area (Å²) in [5, 5.41) is 11.1. The maximum Gasteiger partial charge on any atom is 0.181 e. The number of ether oxygens (including phenoxy) is 1. The zero-order chi connectivity index (χ0) is 16.8. The number of aliphatic hydroxyl groups is 1. The Morgan fingerprint density at radius 2 is 1.96 bits per heavy atom. The molecule has 0 amide bonds. The van der Waals surface area contributed by atoms with Crippen molar-refractivity contribution < 1.29 is 14.6 Å². The third-order valence-electron chi connectivity index (χ3n) is 6.97. The first-order valence-electron chi connectivity index (χ1n) is 8.99. The first-order valence-corrected chi connectivity index (χ1v) is 8.99. The van der Waals surface area contributed by atoms with Crippen LogP contribution in [-0.2, 0) is 9.53 Å². The predicted molar refractivity (Wildman–Crippen MR) is 88.9 cm³/mol. The minimum atomic E-state index is -0.508. The summed E-state index contributed by atoms with van der Waals surface area (Å²) in [6.45, 7) is 10.9. The number of hydrogen-bond acceptors (Lipinski definition) is 3. The van der Waals surface area contributed by atoms with Crippen LogP contribution in [0.3, 0.4) is 0 Å². The zero-order valence-electron chi connectivity index (χ0n) is 14.8. The second-order valence-corrected chi connectivity index (χ2v) is 9.24. The number of allylic oxidation sites excluding steroid dienone is 2. The van der Waals surface area contributed by atoms with Gasteiger partial charge in [-0.05, 0) is 47.3 Å². The SMILES string of the molecule is CC(C)C1=C[C@]23O[C@H]2[C@H](O)[C@H]2C(C)(C)CCC[C@]2(C)C3=CC1=O. The van der Waals surface area contributed by atoms with Crippen molar-refractivity contribution in [1.29, 1.82) is 0 Å². The molecule has 0 aromatic heterocycles. The average molecular weight is 316 g/mol. The first kappa shape index (κ1) is 15.6. The van der Waals surface area contributed by atoms with E-state index >= 15 is 0 Å². The van der Waals surface area contributed by atoms with Crippen molar-refractivity contribution in [2.24, 2.45) is 22.7 Å². The molecule has 0 aromatic carbocycles. The molecule has 0 bridgehead atoms. The van der Waals surface area contributed by atoms with Crippen molar-refractivity contribution in [2.45, 2.75) is 71.7 Å². The summed E-state index contributed by atoms with van der Waals surface area (Å²) in [6, 6.07) is 0. The summed E-state index contributed by atoms with van der Waals surface area (Å²) >= 11 is 0. The summed E-state index contributed by atoms with van der Waals surface area (Å²) < 4.78 is 6.11. The Morgan fingerprint density at radius 3 is 2.61 bits per heavy atom. The number of carbonyl (C=O) groups excluding carboxylic acids is 1. The van der Waals surface area contributed by atoms with Crippen molar-refractivity contribution in [2.75, 3.05) is 0 Å². The van der Waals surface area contributed by atoms with Gasteiger partial charge in [0.1, 0.15) is 11.7 Å². The van der Waals surface area contributed by atoms with Crippen molar-refractivity contribution in [1.82, 2.24) is 0 Å². The predicted octanol–water partition coefficient (Wildman–Crippen LogP) is 3.42. The summed E-state index contributed by atoms with van der Waals surface area (Å²) in [5.41, 5.74) is 1.37. The van der Waals surface area contributed by atoms with Gasteiger partial charge in [-0.15, -0.1) is 0 Å². The molecule has 4 aliphatic rings. The van der Waals surface area contributed by atoms with Gasteiger partial charge >= 0.3 is 0 Å². The third kappa shape index (κ3) is 1.81. The number of hydrogen-bond donors (Lipinski definition) is 1. The number of fused-ring (bicyclic) bond motifs is 2. The minimum absolute atomic E-state index is 0.0659. The molecule has 1 heterocycles. The lowest BCUT2D eigenvalue weighted by atomic mass is 9.47. The van der Waals surface area contributed by atoms with E-state index in [9.17, 15) is 9.90 Å². The fourth-order valence-corrected chi connectivity index (χ4v) is 6.00. The number of aliphatic hydroxyl groups excluding tert-OH is 1. The molecule has 0 radical (unpaired) electrons. The Kier molecular flexibility index (Phi) is 2.96. The minimum Gasteiger partial charge on any atom is -0.390 e. The Morgan fingerprint density at radius 1 is 1.26 bits per heavy atom. The van der Waals surface area contributed by atoms with Crippen LogP contribution in [0, 0.1) is 22.7 Å². The van der Waals surface area contributed by atoms with E-state index in [0.29, 0.717) is 0 Å². The summed E-state index contributed by atoms with van der Waals surface area (Å²) in [4.78, 5) is 12.6. The van der Waals surface area contributed by atoms with Crippen LogP contribution in [0.25, 0.3) is 0 Å². The van der Waals surface area contributed by atoms with Crippen LogP contribution in [0.5, 0.6) is 0 Å². The van der Waals surface area contributed by atoms with E-state index in [2.05, 4.69) is 20.8 Å². The molecule has 5 atom stereocenters. The quantitative estimate of drug-likeness (QED) is 0.754. The second-order valence-electron chi connectivity index (χ2n) is 9.24.